The van der Waals surface area contributed by atoms with Crippen molar-refractivity contribution in [2.75, 3.05) is 5.73 Å². The van der Waals surface area contributed by atoms with Crippen LogP contribution in [0.2, 0.25) is 0 Å². The van der Waals surface area contributed by atoms with Gasteiger partial charge in [0.1, 0.15) is 0 Å². The molecular weight excluding hydrogens is 207 g/mol. The number of Topliss-reactive ketones (excluding diaryl/α,β-unsaturated/α-hetero) is 1. The fraction of sp³-hybridized carbons (Fsp3) is 0.100. The number of nitrogen functional groups attached to an aromatic ring is 1. The van der Waals surface area contributed by atoms with E-state index in [1.165, 1.54) is 24.3 Å². The number of alkyl halides is 3. The van der Waals surface area contributed by atoms with Crippen LogP contribution in [0.4, 0.5) is 18.9 Å². The van der Waals surface area contributed by atoms with Gasteiger partial charge in [-0.15, -0.1) is 0 Å². The molecule has 1 aromatic rings. The summed E-state index contributed by atoms with van der Waals surface area (Å²) in [6.45, 7) is 2.72. The van der Waals surface area contributed by atoms with E-state index in [0.717, 1.165) is 0 Å². The van der Waals surface area contributed by atoms with Crippen molar-refractivity contribution in [3.63, 3.8) is 0 Å². The lowest BCUT2D eigenvalue weighted by Crippen LogP contribution is -2.19. The molecule has 0 aliphatic carbocycles. The lowest BCUT2D eigenvalue weighted by Gasteiger charge is -2.08. The Balaban J connectivity index is 3.01. The number of anilines is 1. The molecule has 0 aliphatic heterocycles. The summed E-state index contributed by atoms with van der Waals surface area (Å²) in [5.74, 6) is -1.16. The van der Waals surface area contributed by atoms with Crippen LogP contribution in [0, 0.1) is 0 Å². The molecule has 1 aromatic carbocycles. The minimum Gasteiger partial charge on any atom is -0.399 e. The molecule has 0 bridgehead atoms. The molecule has 0 atom stereocenters. The van der Waals surface area contributed by atoms with E-state index in [0.29, 0.717) is 0 Å². The number of rotatable bonds is 2. The Hall–Kier alpha value is -1.78. The SMILES string of the molecule is C=C(C(=O)c1cccc(N)c1)C(F)(F)F. The summed E-state index contributed by atoms with van der Waals surface area (Å²) in [5.41, 5.74) is 4.07. The number of hydrogen-bond acceptors (Lipinski definition) is 2. The number of ketones is 1. The van der Waals surface area contributed by atoms with Crippen LogP contribution in [0.25, 0.3) is 0 Å². The van der Waals surface area contributed by atoms with Crippen molar-refractivity contribution in [1.29, 1.82) is 0 Å². The average molecular weight is 215 g/mol. The third kappa shape index (κ3) is 2.59. The Morgan fingerprint density at radius 1 is 1.33 bits per heavy atom. The lowest BCUT2D eigenvalue weighted by atomic mass is 10.0. The predicted molar refractivity (Wildman–Crippen MR) is 50.4 cm³/mol. The summed E-state index contributed by atoms with van der Waals surface area (Å²) in [4.78, 5) is 11.3. The summed E-state index contributed by atoms with van der Waals surface area (Å²) in [5, 5.41) is 0. The maximum Gasteiger partial charge on any atom is 0.419 e. The zero-order valence-corrected chi connectivity index (χ0v) is 7.64. The highest BCUT2D eigenvalue weighted by molar-refractivity contribution is 6.09. The minimum absolute atomic E-state index is 0.114. The molecule has 0 saturated carbocycles. The van der Waals surface area contributed by atoms with Gasteiger partial charge in [0.05, 0.1) is 5.57 Å². The fourth-order valence-electron chi connectivity index (χ4n) is 0.983. The van der Waals surface area contributed by atoms with Crippen molar-refractivity contribution < 1.29 is 18.0 Å². The Morgan fingerprint density at radius 2 is 1.93 bits per heavy atom. The van der Waals surface area contributed by atoms with E-state index >= 15 is 0 Å². The first-order chi connectivity index (χ1) is 6.82. The second-order valence-corrected chi connectivity index (χ2v) is 2.93. The number of halogens is 3. The number of benzene rings is 1. The largest absolute Gasteiger partial charge is 0.419 e. The third-order valence-corrected chi connectivity index (χ3v) is 1.77. The summed E-state index contributed by atoms with van der Waals surface area (Å²) in [6, 6.07) is 5.33. The molecule has 2 nitrogen and oxygen atoms in total. The molecule has 0 heterocycles. The maximum absolute atomic E-state index is 12.1. The van der Waals surface area contributed by atoms with E-state index in [9.17, 15) is 18.0 Å². The average Bonchev–Trinajstić information content (AvgIpc) is 2.14. The summed E-state index contributed by atoms with van der Waals surface area (Å²) in [6.07, 6.45) is -4.71. The smallest absolute Gasteiger partial charge is 0.399 e. The van der Waals surface area contributed by atoms with Gasteiger partial charge in [-0.3, -0.25) is 4.79 Å². The zero-order valence-electron chi connectivity index (χ0n) is 7.64. The second kappa shape index (κ2) is 3.76. The molecule has 0 fully saturated rings. The van der Waals surface area contributed by atoms with Crippen LogP contribution in [0.1, 0.15) is 10.4 Å². The molecular formula is C10H8F3NO. The molecule has 5 heteroatoms. The molecule has 0 aliphatic rings. The Morgan fingerprint density at radius 3 is 2.40 bits per heavy atom. The van der Waals surface area contributed by atoms with Crippen molar-refractivity contribution in [3.05, 3.63) is 42.0 Å². The highest BCUT2D eigenvalue weighted by Crippen LogP contribution is 2.27. The molecule has 15 heavy (non-hydrogen) atoms. The normalized spacial score (nSPS) is 11.1. The number of carbonyl (C=O) groups is 1. The molecule has 1 rings (SSSR count). The molecule has 0 amide bonds. The summed E-state index contributed by atoms with van der Waals surface area (Å²) in [7, 11) is 0. The Kier molecular flexibility index (Phi) is 2.83. The van der Waals surface area contributed by atoms with Crippen LogP contribution in [-0.2, 0) is 0 Å². The van der Waals surface area contributed by atoms with Crippen LogP contribution < -0.4 is 5.73 Å². The van der Waals surface area contributed by atoms with Crippen molar-refractivity contribution in [2.45, 2.75) is 6.18 Å². The Labute approximate surface area is 84.2 Å². The molecule has 0 aromatic heterocycles. The zero-order chi connectivity index (χ0) is 11.6. The van der Waals surface area contributed by atoms with Crippen molar-refractivity contribution in [1.82, 2.24) is 0 Å². The molecule has 80 valence electrons. The van der Waals surface area contributed by atoms with Crippen LogP contribution in [0.3, 0.4) is 0 Å². The minimum atomic E-state index is -4.71. The van der Waals surface area contributed by atoms with Crippen LogP contribution in [-0.4, -0.2) is 12.0 Å². The highest BCUT2D eigenvalue weighted by atomic mass is 19.4. The molecule has 0 unspecified atom stereocenters. The molecule has 0 radical (unpaired) electrons. The van der Waals surface area contributed by atoms with Gasteiger partial charge in [0.2, 0.25) is 0 Å². The Bertz CT molecular complexity index is 409. The van der Waals surface area contributed by atoms with E-state index < -0.39 is 17.5 Å². The van der Waals surface area contributed by atoms with Gasteiger partial charge in [-0.2, -0.15) is 13.2 Å². The number of allylic oxidation sites excluding steroid dienone is 1. The van der Waals surface area contributed by atoms with E-state index in [2.05, 4.69) is 6.58 Å². The van der Waals surface area contributed by atoms with Gasteiger partial charge in [0.15, 0.2) is 5.78 Å². The molecule has 0 saturated heterocycles. The van der Waals surface area contributed by atoms with Gasteiger partial charge in [0, 0.05) is 11.3 Å². The van der Waals surface area contributed by atoms with Gasteiger partial charge in [-0.05, 0) is 12.1 Å². The third-order valence-electron chi connectivity index (χ3n) is 1.77. The topological polar surface area (TPSA) is 43.1 Å². The summed E-state index contributed by atoms with van der Waals surface area (Å²) >= 11 is 0. The first-order valence-electron chi connectivity index (χ1n) is 3.98. The maximum atomic E-state index is 12.1. The number of nitrogens with two attached hydrogens (primary N) is 1. The quantitative estimate of drug-likeness (QED) is 0.468. The molecule has 0 spiro atoms. The monoisotopic (exact) mass is 215 g/mol. The van der Waals surface area contributed by atoms with Crippen molar-refractivity contribution in [2.24, 2.45) is 0 Å². The summed E-state index contributed by atoms with van der Waals surface area (Å²) < 4.78 is 36.4. The first kappa shape index (κ1) is 11.3. The van der Waals surface area contributed by atoms with E-state index in [-0.39, 0.29) is 11.3 Å². The molecule has 2 N–H and O–H groups in total. The second-order valence-electron chi connectivity index (χ2n) is 2.93. The fourth-order valence-corrected chi connectivity index (χ4v) is 0.983. The standard InChI is InChI=1S/C10H8F3NO/c1-6(10(11,12)13)9(15)7-3-2-4-8(14)5-7/h2-5H,1,14H2. The van der Waals surface area contributed by atoms with E-state index in [1.807, 2.05) is 0 Å². The van der Waals surface area contributed by atoms with Crippen LogP contribution in [0.15, 0.2) is 36.4 Å². The van der Waals surface area contributed by atoms with E-state index in [4.69, 9.17) is 5.73 Å². The van der Waals surface area contributed by atoms with Crippen molar-refractivity contribution in [3.8, 4) is 0 Å². The van der Waals surface area contributed by atoms with E-state index in [1.54, 1.807) is 0 Å². The van der Waals surface area contributed by atoms with Crippen molar-refractivity contribution >= 4 is 11.5 Å². The number of hydrogen-bond donors (Lipinski definition) is 1. The first-order valence-corrected chi connectivity index (χ1v) is 3.98. The highest BCUT2D eigenvalue weighted by Gasteiger charge is 2.36. The van der Waals surface area contributed by atoms with Gasteiger partial charge in [-0.25, -0.2) is 0 Å². The van der Waals surface area contributed by atoms with Gasteiger partial charge in [0.25, 0.3) is 0 Å². The van der Waals surface area contributed by atoms with Crippen LogP contribution in [0.5, 0.6) is 0 Å². The lowest BCUT2D eigenvalue weighted by molar-refractivity contribution is -0.0883. The van der Waals surface area contributed by atoms with Gasteiger partial charge in [-0.1, -0.05) is 18.7 Å². The van der Waals surface area contributed by atoms with Gasteiger partial charge >= 0.3 is 6.18 Å². The van der Waals surface area contributed by atoms with Crippen LogP contribution >= 0.6 is 0 Å². The van der Waals surface area contributed by atoms with Gasteiger partial charge < -0.3 is 5.73 Å². The predicted octanol–water partition coefficient (Wildman–Crippen LogP) is 2.57. The number of carbonyl (C=O) groups excluding carboxylic acids is 1.